The number of aryl methyl sites for hydroxylation is 1. The third-order valence-electron chi connectivity index (χ3n) is 3.69. The first-order valence-electron chi connectivity index (χ1n) is 7.50. The topological polar surface area (TPSA) is 38.1 Å². The molecule has 0 atom stereocenters. The van der Waals surface area contributed by atoms with Crippen LogP contribution in [0.1, 0.15) is 5.56 Å². The second-order valence-corrected chi connectivity index (χ2v) is 5.71. The van der Waals surface area contributed by atoms with E-state index in [0.29, 0.717) is 11.6 Å². The van der Waals surface area contributed by atoms with E-state index in [-0.39, 0.29) is 5.56 Å². The molecule has 0 saturated heterocycles. The van der Waals surface area contributed by atoms with E-state index in [2.05, 4.69) is 0 Å². The SMILES string of the molecule is Cc1ccc(-n2c(-c3ccccc3)nc(N(C)C)cc2=O)cc1. The first-order valence-corrected chi connectivity index (χ1v) is 7.50. The molecule has 0 spiro atoms. The zero-order valence-corrected chi connectivity index (χ0v) is 13.5. The maximum atomic E-state index is 12.7. The van der Waals surface area contributed by atoms with Crippen molar-refractivity contribution in [3.05, 3.63) is 76.6 Å². The zero-order valence-electron chi connectivity index (χ0n) is 13.5. The summed E-state index contributed by atoms with van der Waals surface area (Å²) in [6.07, 6.45) is 0. The van der Waals surface area contributed by atoms with Gasteiger partial charge in [-0.25, -0.2) is 4.98 Å². The lowest BCUT2D eigenvalue weighted by Gasteiger charge is -2.17. The minimum absolute atomic E-state index is 0.0913. The lowest BCUT2D eigenvalue weighted by molar-refractivity contribution is 0.927. The Labute approximate surface area is 135 Å². The molecule has 0 N–H and O–H groups in total. The highest BCUT2D eigenvalue weighted by atomic mass is 16.1. The van der Waals surface area contributed by atoms with Crippen LogP contribution in [0.2, 0.25) is 0 Å². The molecule has 0 saturated carbocycles. The number of benzene rings is 2. The third-order valence-corrected chi connectivity index (χ3v) is 3.69. The molecule has 1 aromatic heterocycles. The van der Waals surface area contributed by atoms with E-state index in [1.54, 1.807) is 10.6 Å². The number of nitrogens with zero attached hydrogens (tertiary/aromatic N) is 3. The van der Waals surface area contributed by atoms with E-state index < -0.39 is 0 Å². The summed E-state index contributed by atoms with van der Waals surface area (Å²) < 4.78 is 1.65. The van der Waals surface area contributed by atoms with Crippen LogP contribution in [0.25, 0.3) is 17.1 Å². The van der Waals surface area contributed by atoms with Gasteiger partial charge in [0.25, 0.3) is 5.56 Å². The minimum Gasteiger partial charge on any atom is -0.363 e. The van der Waals surface area contributed by atoms with Crippen molar-refractivity contribution >= 4 is 5.82 Å². The molecule has 0 aliphatic carbocycles. The van der Waals surface area contributed by atoms with Gasteiger partial charge < -0.3 is 4.90 Å². The molecule has 1 heterocycles. The highest BCUT2D eigenvalue weighted by Gasteiger charge is 2.13. The van der Waals surface area contributed by atoms with Gasteiger partial charge in [-0.2, -0.15) is 0 Å². The Hall–Kier alpha value is -2.88. The molecule has 3 rings (SSSR count). The fraction of sp³-hybridized carbons (Fsp3) is 0.158. The van der Waals surface area contributed by atoms with Crippen molar-refractivity contribution in [2.45, 2.75) is 6.92 Å². The molecular weight excluding hydrogens is 286 g/mol. The van der Waals surface area contributed by atoms with Gasteiger partial charge >= 0.3 is 0 Å². The molecule has 0 aliphatic rings. The molecule has 23 heavy (non-hydrogen) atoms. The lowest BCUT2D eigenvalue weighted by Crippen LogP contribution is -2.24. The van der Waals surface area contributed by atoms with Gasteiger partial charge in [0.2, 0.25) is 0 Å². The molecular formula is C19H19N3O. The summed E-state index contributed by atoms with van der Waals surface area (Å²) in [6.45, 7) is 2.03. The van der Waals surface area contributed by atoms with Crippen LogP contribution in [0, 0.1) is 6.92 Å². The van der Waals surface area contributed by atoms with Crippen molar-refractivity contribution in [3.63, 3.8) is 0 Å². The Balaban J connectivity index is 2.30. The maximum absolute atomic E-state index is 12.7. The largest absolute Gasteiger partial charge is 0.363 e. The number of hydrogen-bond donors (Lipinski definition) is 0. The molecule has 2 aromatic carbocycles. The second kappa shape index (κ2) is 6.08. The highest BCUT2D eigenvalue weighted by Crippen LogP contribution is 2.21. The molecule has 0 unspecified atom stereocenters. The molecule has 0 amide bonds. The van der Waals surface area contributed by atoms with E-state index in [4.69, 9.17) is 4.98 Å². The summed E-state index contributed by atoms with van der Waals surface area (Å²) >= 11 is 0. The van der Waals surface area contributed by atoms with Gasteiger partial charge in [-0.1, -0.05) is 48.0 Å². The predicted octanol–water partition coefficient (Wildman–Crippen LogP) is 3.27. The van der Waals surface area contributed by atoms with Crippen LogP contribution in [-0.2, 0) is 0 Å². The predicted molar refractivity (Wildman–Crippen MR) is 94.3 cm³/mol. The Bertz CT molecular complexity index is 865. The summed E-state index contributed by atoms with van der Waals surface area (Å²) in [5, 5.41) is 0. The number of rotatable bonds is 3. The van der Waals surface area contributed by atoms with Crippen LogP contribution >= 0.6 is 0 Å². The molecule has 3 aromatic rings. The zero-order chi connectivity index (χ0) is 16.4. The summed E-state index contributed by atoms with van der Waals surface area (Å²) in [6, 6.07) is 19.2. The molecule has 116 valence electrons. The number of hydrogen-bond acceptors (Lipinski definition) is 3. The summed E-state index contributed by atoms with van der Waals surface area (Å²) in [5.74, 6) is 1.29. The van der Waals surface area contributed by atoms with Crippen molar-refractivity contribution in [3.8, 4) is 17.1 Å². The molecule has 4 heteroatoms. The van der Waals surface area contributed by atoms with Gasteiger partial charge in [0.1, 0.15) is 11.6 Å². The van der Waals surface area contributed by atoms with Crippen LogP contribution in [0.15, 0.2) is 65.5 Å². The van der Waals surface area contributed by atoms with Crippen LogP contribution < -0.4 is 10.5 Å². The van der Waals surface area contributed by atoms with Gasteiger partial charge in [-0.15, -0.1) is 0 Å². The van der Waals surface area contributed by atoms with Gasteiger partial charge in [0.15, 0.2) is 0 Å². The quantitative estimate of drug-likeness (QED) is 0.745. The fourth-order valence-corrected chi connectivity index (χ4v) is 2.42. The van der Waals surface area contributed by atoms with Crippen molar-refractivity contribution in [2.75, 3.05) is 19.0 Å². The van der Waals surface area contributed by atoms with Gasteiger partial charge in [-0.3, -0.25) is 9.36 Å². The maximum Gasteiger partial charge on any atom is 0.260 e. The van der Waals surface area contributed by atoms with Crippen molar-refractivity contribution in [1.82, 2.24) is 9.55 Å². The van der Waals surface area contributed by atoms with E-state index >= 15 is 0 Å². The fourth-order valence-electron chi connectivity index (χ4n) is 2.42. The first-order chi connectivity index (χ1) is 11.1. The number of aromatic nitrogens is 2. The Kier molecular flexibility index (Phi) is 3.98. The standard InChI is InChI=1S/C19H19N3O/c1-14-9-11-16(12-10-14)22-18(23)13-17(21(2)3)20-19(22)15-7-5-4-6-8-15/h4-13H,1-3H3. The third kappa shape index (κ3) is 3.01. The Morgan fingerprint density at radius 1 is 0.957 bits per heavy atom. The van der Waals surface area contributed by atoms with E-state index in [0.717, 1.165) is 16.8 Å². The van der Waals surface area contributed by atoms with E-state index in [1.165, 1.54) is 0 Å². The van der Waals surface area contributed by atoms with E-state index in [9.17, 15) is 4.79 Å². The summed E-state index contributed by atoms with van der Waals surface area (Å²) in [7, 11) is 3.76. The Morgan fingerprint density at radius 3 is 2.22 bits per heavy atom. The van der Waals surface area contributed by atoms with Crippen molar-refractivity contribution in [1.29, 1.82) is 0 Å². The van der Waals surface area contributed by atoms with E-state index in [1.807, 2.05) is 80.5 Å². The summed E-state index contributed by atoms with van der Waals surface area (Å²) in [5.41, 5.74) is 2.79. The first kappa shape index (κ1) is 15.0. The minimum atomic E-state index is -0.0913. The lowest BCUT2D eigenvalue weighted by atomic mass is 10.2. The average molecular weight is 305 g/mol. The van der Waals surface area contributed by atoms with Crippen LogP contribution in [0.5, 0.6) is 0 Å². The van der Waals surface area contributed by atoms with Crippen LogP contribution in [-0.4, -0.2) is 23.6 Å². The monoisotopic (exact) mass is 305 g/mol. The van der Waals surface area contributed by atoms with Gasteiger partial charge in [-0.05, 0) is 19.1 Å². The highest BCUT2D eigenvalue weighted by molar-refractivity contribution is 5.60. The Morgan fingerprint density at radius 2 is 1.61 bits per heavy atom. The summed E-state index contributed by atoms with van der Waals surface area (Å²) in [4.78, 5) is 19.3. The number of anilines is 1. The molecule has 4 nitrogen and oxygen atoms in total. The van der Waals surface area contributed by atoms with Crippen LogP contribution in [0.4, 0.5) is 5.82 Å². The normalized spacial score (nSPS) is 10.6. The van der Waals surface area contributed by atoms with Crippen molar-refractivity contribution < 1.29 is 0 Å². The van der Waals surface area contributed by atoms with Gasteiger partial charge in [0.05, 0.1) is 5.69 Å². The molecule has 0 radical (unpaired) electrons. The molecule has 0 bridgehead atoms. The second-order valence-electron chi connectivity index (χ2n) is 5.71. The van der Waals surface area contributed by atoms with Gasteiger partial charge in [0, 0.05) is 25.7 Å². The smallest absolute Gasteiger partial charge is 0.260 e. The molecule has 0 fully saturated rings. The van der Waals surface area contributed by atoms with Crippen LogP contribution in [0.3, 0.4) is 0 Å². The average Bonchev–Trinajstić information content (AvgIpc) is 2.56. The molecule has 0 aliphatic heterocycles. The van der Waals surface area contributed by atoms with Crippen molar-refractivity contribution in [2.24, 2.45) is 0 Å².